The Bertz CT molecular complexity index is 493. The SMILES string of the molecule is CCNC(=NCC(O)COC(C)c1ccccc1)NC1CCCC1.I. The van der Waals surface area contributed by atoms with Gasteiger partial charge in [0.25, 0.3) is 0 Å². The number of hydrogen-bond donors (Lipinski definition) is 3. The van der Waals surface area contributed by atoms with Gasteiger partial charge in [0.15, 0.2) is 5.96 Å². The van der Waals surface area contributed by atoms with Gasteiger partial charge in [0.05, 0.1) is 25.4 Å². The first-order valence-electron chi connectivity index (χ1n) is 9.08. The van der Waals surface area contributed by atoms with Gasteiger partial charge in [-0.3, -0.25) is 4.99 Å². The molecule has 1 aliphatic carbocycles. The number of nitrogens with zero attached hydrogens (tertiary/aromatic N) is 1. The highest BCUT2D eigenvalue weighted by Gasteiger charge is 2.16. The van der Waals surface area contributed by atoms with E-state index in [0.717, 1.165) is 18.1 Å². The summed E-state index contributed by atoms with van der Waals surface area (Å²) in [6, 6.07) is 10.5. The van der Waals surface area contributed by atoms with Crippen LogP contribution >= 0.6 is 24.0 Å². The molecule has 6 heteroatoms. The maximum atomic E-state index is 10.1. The van der Waals surface area contributed by atoms with Gasteiger partial charge in [-0.15, -0.1) is 24.0 Å². The molecule has 0 aromatic heterocycles. The zero-order valence-corrected chi connectivity index (χ0v) is 17.6. The summed E-state index contributed by atoms with van der Waals surface area (Å²) in [7, 11) is 0. The van der Waals surface area contributed by atoms with Crippen molar-refractivity contribution in [3.05, 3.63) is 35.9 Å². The van der Waals surface area contributed by atoms with E-state index >= 15 is 0 Å². The number of aliphatic imine (C=N–C) groups is 1. The van der Waals surface area contributed by atoms with E-state index in [1.54, 1.807) is 0 Å². The zero-order valence-electron chi connectivity index (χ0n) is 15.3. The van der Waals surface area contributed by atoms with Gasteiger partial charge in [0, 0.05) is 12.6 Å². The van der Waals surface area contributed by atoms with Gasteiger partial charge in [0.1, 0.15) is 0 Å². The lowest BCUT2D eigenvalue weighted by Gasteiger charge is -2.18. The lowest BCUT2D eigenvalue weighted by molar-refractivity contribution is 0.00111. The first kappa shape index (κ1) is 22.2. The molecular formula is C19H32IN3O2. The highest BCUT2D eigenvalue weighted by atomic mass is 127. The fraction of sp³-hybridized carbons (Fsp3) is 0.632. The predicted octanol–water partition coefficient (Wildman–Crippen LogP) is 3.24. The summed E-state index contributed by atoms with van der Waals surface area (Å²) >= 11 is 0. The molecule has 1 fully saturated rings. The van der Waals surface area contributed by atoms with Gasteiger partial charge in [0.2, 0.25) is 0 Å². The monoisotopic (exact) mass is 461 g/mol. The van der Waals surface area contributed by atoms with Crippen LogP contribution in [0, 0.1) is 0 Å². The average Bonchev–Trinajstić information content (AvgIpc) is 3.11. The van der Waals surface area contributed by atoms with Gasteiger partial charge in [-0.25, -0.2) is 0 Å². The lowest BCUT2D eigenvalue weighted by Crippen LogP contribution is -2.42. The van der Waals surface area contributed by atoms with Crippen molar-refractivity contribution in [2.45, 2.75) is 57.8 Å². The van der Waals surface area contributed by atoms with Gasteiger partial charge in [-0.1, -0.05) is 43.2 Å². The number of hydrogen-bond acceptors (Lipinski definition) is 3. The second-order valence-corrected chi connectivity index (χ2v) is 6.39. The molecule has 0 bridgehead atoms. The number of aliphatic hydroxyl groups is 1. The van der Waals surface area contributed by atoms with Crippen LogP contribution in [0.3, 0.4) is 0 Å². The molecule has 0 amide bonds. The van der Waals surface area contributed by atoms with Crippen LogP contribution in [0.5, 0.6) is 0 Å². The van der Waals surface area contributed by atoms with Crippen molar-refractivity contribution < 1.29 is 9.84 Å². The Hall–Kier alpha value is -0.860. The molecule has 0 aliphatic heterocycles. The second-order valence-electron chi connectivity index (χ2n) is 6.39. The van der Waals surface area contributed by atoms with Crippen LogP contribution in [0.4, 0.5) is 0 Å². The number of aliphatic hydroxyl groups excluding tert-OH is 1. The first-order valence-corrected chi connectivity index (χ1v) is 9.08. The molecule has 1 aliphatic rings. The fourth-order valence-corrected chi connectivity index (χ4v) is 2.91. The van der Waals surface area contributed by atoms with Gasteiger partial charge in [-0.05, 0) is 32.3 Å². The van der Waals surface area contributed by atoms with Crippen LogP contribution in [0.15, 0.2) is 35.3 Å². The maximum absolute atomic E-state index is 10.1. The third kappa shape index (κ3) is 8.37. The van der Waals surface area contributed by atoms with Crippen molar-refractivity contribution in [3.63, 3.8) is 0 Å². The van der Waals surface area contributed by atoms with E-state index in [1.165, 1.54) is 25.7 Å². The van der Waals surface area contributed by atoms with Crippen LogP contribution in [-0.4, -0.2) is 42.9 Å². The van der Waals surface area contributed by atoms with Crippen LogP contribution < -0.4 is 10.6 Å². The minimum atomic E-state index is -0.602. The van der Waals surface area contributed by atoms with E-state index in [9.17, 15) is 5.11 Å². The largest absolute Gasteiger partial charge is 0.389 e. The first-order chi connectivity index (χ1) is 11.7. The second kappa shape index (κ2) is 12.5. The van der Waals surface area contributed by atoms with Crippen LogP contribution in [0.2, 0.25) is 0 Å². The van der Waals surface area contributed by atoms with Gasteiger partial charge in [-0.2, -0.15) is 0 Å². The molecule has 0 radical (unpaired) electrons. The summed E-state index contributed by atoms with van der Waals surface area (Å²) in [5.74, 6) is 0.791. The molecule has 1 aromatic rings. The standard InChI is InChI=1S/C19H31N3O2.HI/c1-3-20-19(22-17-11-7-8-12-17)21-13-18(23)14-24-15(2)16-9-5-4-6-10-16;/h4-6,9-10,15,17-18,23H,3,7-8,11-14H2,1-2H3,(H2,20,21,22);1H. The van der Waals surface area contributed by atoms with Crippen LogP contribution in [0.25, 0.3) is 0 Å². The molecule has 1 aromatic carbocycles. The minimum Gasteiger partial charge on any atom is -0.389 e. The van der Waals surface area contributed by atoms with E-state index in [-0.39, 0.29) is 36.7 Å². The smallest absolute Gasteiger partial charge is 0.191 e. The number of rotatable bonds is 8. The third-order valence-electron chi connectivity index (χ3n) is 4.31. The Morgan fingerprint density at radius 1 is 1.28 bits per heavy atom. The molecule has 2 rings (SSSR count). The van der Waals surface area contributed by atoms with Crippen molar-refractivity contribution in [2.75, 3.05) is 19.7 Å². The number of nitrogens with one attached hydrogen (secondary N) is 2. The quantitative estimate of drug-likeness (QED) is 0.316. The summed E-state index contributed by atoms with van der Waals surface area (Å²) < 4.78 is 5.76. The summed E-state index contributed by atoms with van der Waals surface area (Å²) in [4.78, 5) is 4.49. The summed E-state index contributed by atoms with van der Waals surface area (Å²) in [5, 5.41) is 16.8. The number of halogens is 1. The molecule has 1 saturated carbocycles. The van der Waals surface area contributed by atoms with E-state index in [1.807, 2.05) is 44.2 Å². The topological polar surface area (TPSA) is 65.9 Å². The highest BCUT2D eigenvalue weighted by Crippen LogP contribution is 2.17. The van der Waals surface area contributed by atoms with Gasteiger partial charge < -0.3 is 20.5 Å². The highest BCUT2D eigenvalue weighted by molar-refractivity contribution is 14.0. The minimum absolute atomic E-state index is 0. The molecule has 25 heavy (non-hydrogen) atoms. The molecule has 0 spiro atoms. The molecule has 0 saturated heterocycles. The number of guanidine groups is 1. The van der Waals surface area contributed by atoms with E-state index < -0.39 is 6.10 Å². The van der Waals surface area contributed by atoms with Crippen LogP contribution in [0.1, 0.15) is 51.2 Å². The summed E-state index contributed by atoms with van der Waals surface area (Å²) in [6.45, 7) is 5.48. The molecule has 5 nitrogen and oxygen atoms in total. The lowest BCUT2D eigenvalue weighted by atomic mass is 10.1. The van der Waals surface area contributed by atoms with Crippen molar-refractivity contribution in [1.82, 2.24) is 10.6 Å². The van der Waals surface area contributed by atoms with E-state index in [0.29, 0.717) is 12.6 Å². The third-order valence-corrected chi connectivity index (χ3v) is 4.31. The van der Waals surface area contributed by atoms with E-state index in [2.05, 4.69) is 15.6 Å². The Labute approximate surface area is 168 Å². The molecule has 3 N–H and O–H groups in total. The number of ether oxygens (including phenoxy) is 1. The molecule has 142 valence electrons. The molecule has 2 atom stereocenters. The van der Waals surface area contributed by atoms with Crippen molar-refractivity contribution in [1.29, 1.82) is 0 Å². The molecular weight excluding hydrogens is 429 g/mol. The molecule has 2 unspecified atom stereocenters. The van der Waals surface area contributed by atoms with E-state index in [4.69, 9.17) is 4.74 Å². The summed E-state index contributed by atoms with van der Waals surface area (Å²) in [6.07, 6.45) is 4.33. The summed E-state index contributed by atoms with van der Waals surface area (Å²) in [5.41, 5.74) is 1.12. The average molecular weight is 461 g/mol. The van der Waals surface area contributed by atoms with Crippen molar-refractivity contribution in [3.8, 4) is 0 Å². The molecule has 0 heterocycles. The van der Waals surface area contributed by atoms with Gasteiger partial charge >= 0.3 is 0 Å². The van der Waals surface area contributed by atoms with Crippen LogP contribution in [-0.2, 0) is 4.74 Å². The Kier molecular flexibility index (Phi) is 11.1. The predicted molar refractivity (Wildman–Crippen MR) is 114 cm³/mol. The Morgan fingerprint density at radius 2 is 1.96 bits per heavy atom. The van der Waals surface area contributed by atoms with Crippen molar-refractivity contribution in [2.24, 2.45) is 4.99 Å². The number of benzene rings is 1. The zero-order chi connectivity index (χ0) is 17.2. The Morgan fingerprint density at radius 3 is 2.60 bits per heavy atom. The Balaban J connectivity index is 0.00000312. The fourth-order valence-electron chi connectivity index (χ4n) is 2.91. The van der Waals surface area contributed by atoms with Crippen molar-refractivity contribution >= 4 is 29.9 Å². The maximum Gasteiger partial charge on any atom is 0.191 e. The normalized spacial score (nSPS) is 17.6.